The van der Waals surface area contributed by atoms with Crippen LogP contribution in [0.3, 0.4) is 0 Å². The van der Waals surface area contributed by atoms with Gasteiger partial charge in [0.1, 0.15) is 17.5 Å². The van der Waals surface area contributed by atoms with Crippen molar-refractivity contribution in [2.45, 2.75) is 25.2 Å². The zero-order chi connectivity index (χ0) is 18.7. The summed E-state index contributed by atoms with van der Waals surface area (Å²) in [6.45, 7) is 1.75. The molecular weight excluding hydrogens is 338 g/mol. The molecule has 1 amide bonds. The zero-order valence-corrected chi connectivity index (χ0v) is 14.1. The molecule has 0 saturated heterocycles. The van der Waals surface area contributed by atoms with Gasteiger partial charge in [0.05, 0.1) is 11.1 Å². The van der Waals surface area contributed by atoms with Gasteiger partial charge in [0.2, 0.25) is 5.91 Å². The summed E-state index contributed by atoms with van der Waals surface area (Å²) in [6.07, 6.45) is 5.29. The van der Waals surface area contributed by atoms with Crippen LogP contribution in [0.5, 0.6) is 0 Å². The van der Waals surface area contributed by atoms with Crippen molar-refractivity contribution < 1.29 is 13.6 Å². The molecule has 0 aliphatic heterocycles. The number of carbonyl (C=O) groups is 1. The molecule has 7 heteroatoms. The Labute approximate surface area is 149 Å². The van der Waals surface area contributed by atoms with Gasteiger partial charge in [-0.3, -0.25) is 15.2 Å². The van der Waals surface area contributed by atoms with Crippen LogP contribution in [0.25, 0.3) is 0 Å². The maximum Gasteiger partial charge on any atom is 0.237 e. The molecule has 1 saturated carbocycles. The van der Waals surface area contributed by atoms with Gasteiger partial charge in [-0.2, -0.15) is 0 Å². The predicted octanol–water partition coefficient (Wildman–Crippen LogP) is 3.42. The maximum atomic E-state index is 13.9. The Hall–Kier alpha value is -3.09. The Morgan fingerprint density at radius 3 is 2.73 bits per heavy atom. The Balaban J connectivity index is 1.61. The highest BCUT2D eigenvalue weighted by Crippen LogP contribution is 2.48. The molecule has 134 valence electrons. The Morgan fingerprint density at radius 1 is 1.31 bits per heavy atom. The van der Waals surface area contributed by atoms with Crippen molar-refractivity contribution >= 4 is 17.4 Å². The summed E-state index contributed by atoms with van der Waals surface area (Å²) in [4.78, 5) is 16.5. The molecule has 1 aliphatic carbocycles. The highest BCUT2D eigenvalue weighted by Gasteiger charge is 2.54. The zero-order valence-electron chi connectivity index (χ0n) is 14.1. The third-order valence-corrected chi connectivity index (χ3v) is 4.32. The molecular formula is C19H18F2N4O. The Bertz CT molecular complexity index is 891. The van der Waals surface area contributed by atoms with Crippen molar-refractivity contribution in [2.75, 3.05) is 5.32 Å². The summed E-state index contributed by atoms with van der Waals surface area (Å²) in [5.74, 6) is -1.42. The number of nitrogens with zero attached hydrogens (tertiary/aromatic N) is 1. The summed E-state index contributed by atoms with van der Waals surface area (Å²) in [6, 6.07) is 7.05. The van der Waals surface area contributed by atoms with E-state index in [-0.39, 0.29) is 17.3 Å². The van der Waals surface area contributed by atoms with E-state index in [1.807, 2.05) is 0 Å². The lowest BCUT2D eigenvalue weighted by molar-refractivity contribution is -0.122. The van der Waals surface area contributed by atoms with Crippen LogP contribution in [0.1, 0.15) is 24.1 Å². The van der Waals surface area contributed by atoms with Gasteiger partial charge in [-0.05, 0) is 61.7 Å². The molecule has 0 bridgehead atoms. The second kappa shape index (κ2) is 7.03. The van der Waals surface area contributed by atoms with Gasteiger partial charge in [-0.1, -0.05) is 0 Å². The summed E-state index contributed by atoms with van der Waals surface area (Å²) in [5, 5.41) is 13.3. The third-order valence-electron chi connectivity index (χ3n) is 4.32. The van der Waals surface area contributed by atoms with Gasteiger partial charge in [-0.25, -0.2) is 8.78 Å². The molecule has 0 unspecified atom stereocenters. The van der Waals surface area contributed by atoms with Crippen molar-refractivity contribution in [3.8, 4) is 0 Å². The molecule has 1 aromatic carbocycles. The average Bonchev–Trinajstić information content (AvgIpc) is 3.39. The van der Waals surface area contributed by atoms with Crippen LogP contribution in [0.2, 0.25) is 0 Å². The first-order chi connectivity index (χ1) is 12.4. The highest BCUT2D eigenvalue weighted by atomic mass is 19.1. The number of halogens is 2. The number of carbonyl (C=O) groups excluding carboxylic acids is 1. The predicted molar refractivity (Wildman–Crippen MR) is 94.9 cm³/mol. The fourth-order valence-corrected chi connectivity index (χ4v) is 2.72. The fraction of sp³-hybridized carbons (Fsp3) is 0.211. The molecule has 1 fully saturated rings. The molecule has 5 nitrogen and oxygen atoms in total. The van der Waals surface area contributed by atoms with Crippen molar-refractivity contribution in [3.63, 3.8) is 0 Å². The molecule has 1 aromatic heterocycles. The maximum absolute atomic E-state index is 13.9. The molecule has 0 spiro atoms. The molecule has 26 heavy (non-hydrogen) atoms. The molecule has 2 aromatic rings. The van der Waals surface area contributed by atoms with E-state index in [1.54, 1.807) is 13.0 Å². The number of aryl methyl sites for hydroxylation is 1. The van der Waals surface area contributed by atoms with Gasteiger partial charge in [0.15, 0.2) is 0 Å². The van der Waals surface area contributed by atoms with E-state index in [0.29, 0.717) is 24.1 Å². The lowest BCUT2D eigenvalue weighted by atomic mass is 10.00. The monoisotopic (exact) mass is 356 g/mol. The summed E-state index contributed by atoms with van der Waals surface area (Å²) < 4.78 is 27.0. The van der Waals surface area contributed by atoms with Crippen LogP contribution in [0.4, 0.5) is 14.5 Å². The number of anilines is 1. The minimum atomic E-state index is -0.994. The highest BCUT2D eigenvalue weighted by molar-refractivity contribution is 6.07. The van der Waals surface area contributed by atoms with E-state index in [1.165, 1.54) is 42.7 Å². The van der Waals surface area contributed by atoms with E-state index in [9.17, 15) is 13.6 Å². The number of hydrogen-bond donors (Lipinski definition) is 3. The quantitative estimate of drug-likeness (QED) is 0.567. The van der Waals surface area contributed by atoms with E-state index in [4.69, 9.17) is 5.41 Å². The van der Waals surface area contributed by atoms with Crippen molar-refractivity contribution in [3.05, 3.63) is 71.7 Å². The second-order valence-corrected chi connectivity index (χ2v) is 6.22. The second-order valence-electron chi connectivity index (χ2n) is 6.22. The molecule has 1 aliphatic rings. The standard InChI is InChI=1S/C19H18F2N4O/c1-12-11-13(20)4-5-15(12)23-10-6-16(22)25-18(26)19(7-8-19)17-14(21)3-2-9-24-17/h2-6,9-11,23H,7-8H2,1H3,(H2,22,25,26)/b10-6-. The van der Waals surface area contributed by atoms with Crippen LogP contribution >= 0.6 is 0 Å². The molecule has 0 radical (unpaired) electrons. The lowest BCUT2D eigenvalue weighted by Crippen LogP contribution is -2.38. The first kappa shape index (κ1) is 17.7. The first-order valence-corrected chi connectivity index (χ1v) is 8.13. The number of hydrogen-bond acceptors (Lipinski definition) is 4. The summed E-state index contributed by atoms with van der Waals surface area (Å²) in [5.41, 5.74) is 0.532. The molecule has 3 N–H and O–H groups in total. The minimum Gasteiger partial charge on any atom is -0.361 e. The Kier molecular flexibility index (Phi) is 4.79. The van der Waals surface area contributed by atoms with Crippen LogP contribution < -0.4 is 10.6 Å². The smallest absolute Gasteiger partial charge is 0.237 e. The number of benzene rings is 1. The van der Waals surface area contributed by atoms with Gasteiger partial charge >= 0.3 is 0 Å². The number of pyridine rings is 1. The van der Waals surface area contributed by atoms with Gasteiger partial charge in [0.25, 0.3) is 0 Å². The first-order valence-electron chi connectivity index (χ1n) is 8.13. The summed E-state index contributed by atoms with van der Waals surface area (Å²) in [7, 11) is 0. The van der Waals surface area contributed by atoms with Crippen molar-refractivity contribution in [2.24, 2.45) is 0 Å². The number of amides is 1. The number of aromatic nitrogens is 1. The van der Waals surface area contributed by atoms with E-state index in [2.05, 4.69) is 15.6 Å². The van der Waals surface area contributed by atoms with Gasteiger partial charge in [-0.15, -0.1) is 0 Å². The topological polar surface area (TPSA) is 77.9 Å². The van der Waals surface area contributed by atoms with Crippen molar-refractivity contribution in [1.82, 2.24) is 10.3 Å². The lowest BCUT2D eigenvalue weighted by Gasteiger charge is -2.14. The van der Waals surface area contributed by atoms with Gasteiger partial charge in [0, 0.05) is 18.1 Å². The normalized spacial score (nSPS) is 14.9. The summed E-state index contributed by atoms with van der Waals surface area (Å²) >= 11 is 0. The molecule has 3 rings (SSSR count). The van der Waals surface area contributed by atoms with E-state index in [0.717, 1.165) is 0 Å². The molecule has 0 atom stereocenters. The van der Waals surface area contributed by atoms with E-state index < -0.39 is 17.1 Å². The Morgan fingerprint density at radius 2 is 2.08 bits per heavy atom. The number of rotatable bonds is 5. The molecule has 1 heterocycles. The largest absolute Gasteiger partial charge is 0.361 e. The van der Waals surface area contributed by atoms with E-state index >= 15 is 0 Å². The SMILES string of the molecule is Cc1cc(F)ccc1N/C=C\C(=N)NC(=O)C1(c2ncccc2F)CC1. The third kappa shape index (κ3) is 3.61. The van der Waals surface area contributed by atoms with Gasteiger partial charge < -0.3 is 10.6 Å². The van der Waals surface area contributed by atoms with Crippen LogP contribution in [-0.4, -0.2) is 16.7 Å². The van der Waals surface area contributed by atoms with Crippen LogP contribution in [0, 0.1) is 24.0 Å². The average molecular weight is 356 g/mol. The van der Waals surface area contributed by atoms with Crippen LogP contribution in [-0.2, 0) is 10.2 Å². The number of amidine groups is 1. The van der Waals surface area contributed by atoms with Crippen molar-refractivity contribution in [1.29, 1.82) is 5.41 Å². The minimum absolute atomic E-state index is 0.120. The van der Waals surface area contributed by atoms with Crippen LogP contribution in [0.15, 0.2) is 48.8 Å². The number of nitrogens with one attached hydrogen (secondary N) is 3. The fourth-order valence-electron chi connectivity index (χ4n) is 2.72.